The van der Waals surface area contributed by atoms with E-state index in [9.17, 15) is 0 Å². The van der Waals surface area contributed by atoms with E-state index in [2.05, 4.69) is 19.9 Å². The van der Waals surface area contributed by atoms with E-state index in [0.29, 0.717) is 0 Å². The van der Waals surface area contributed by atoms with Crippen LogP contribution in [0.4, 0.5) is 0 Å². The zero-order valence-electron chi connectivity index (χ0n) is 6.77. The van der Waals surface area contributed by atoms with Gasteiger partial charge in [-0.05, 0) is 0 Å². The molecule has 0 radical (unpaired) electrons. The minimum absolute atomic E-state index is 0.900. The van der Waals surface area contributed by atoms with Gasteiger partial charge in [0.25, 0.3) is 0 Å². The maximum absolute atomic E-state index is 5.54. The third kappa shape index (κ3) is 3.95. The van der Waals surface area contributed by atoms with Crippen molar-refractivity contribution in [2.24, 2.45) is 0 Å². The molecule has 0 aliphatic heterocycles. The second kappa shape index (κ2) is 4.79. The van der Waals surface area contributed by atoms with E-state index in [1.54, 1.807) is 0 Å². The molecule has 0 aromatic carbocycles. The first-order valence-corrected chi connectivity index (χ1v) is 4.85. The van der Waals surface area contributed by atoms with Crippen LogP contribution in [0.3, 0.4) is 0 Å². The molecule has 0 aliphatic rings. The van der Waals surface area contributed by atoms with Gasteiger partial charge in [0.1, 0.15) is 0 Å². The predicted octanol–water partition coefficient (Wildman–Crippen LogP) is 2.44. The zero-order chi connectivity index (χ0) is 8.15. The fourth-order valence-corrected chi connectivity index (χ4v) is 1.46. The average Bonchev–Trinajstić information content (AvgIpc) is 1.81. The van der Waals surface area contributed by atoms with Gasteiger partial charge in [-0.1, -0.05) is 0 Å². The maximum atomic E-state index is 5.54. The van der Waals surface area contributed by atoms with E-state index < -0.39 is 0 Å². The van der Waals surface area contributed by atoms with Crippen molar-refractivity contribution in [1.29, 1.82) is 0 Å². The summed E-state index contributed by atoms with van der Waals surface area (Å²) in [5.74, 6) is 0. The Bertz CT molecular complexity index is 175. The molecule has 0 aromatic heterocycles. The van der Waals surface area contributed by atoms with Crippen LogP contribution in [0.5, 0.6) is 0 Å². The first-order chi connectivity index (χ1) is 4.57. The zero-order valence-corrected chi connectivity index (χ0v) is 9.70. The van der Waals surface area contributed by atoms with Crippen molar-refractivity contribution in [2.75, 3.05) is 0 Å². The van der Waals surface area contributed by atoms with Crippen molar-refractivity contribution in [3.63, 3.8) is 0 Å². The van der Waals surface area contributed by atoms with Gasteiger partial charge < -0.3 is 0 Å². The molecule has 0 atom stereocenters. The summed E-state index contributed by atoms with van der Waals surface area (Å²) in [5, 5.41) is 0. The SMILES string of the molecule is [CH-]=C(C)/C=C(/CC)[C](C)=[W]. The van der Waals surface area contributed by atoms with E-state index in [1.807, 2.05) is 6.92 Å². The minimum atomic E-state index is 0.900. The Morgan fingerprint density at radius 3 is 2.10 bits per heavy atom. The van der Waals surface area contributed by atoms with Crippen LogP contribution in [0.25, 0.3) is 0 Å². The standard InChI is InChI=1S/C9H13.W/c1-5-9(6-2)7-8(3)4;/h3,7H,5H2,1-2,4H3;/q-1;/b9-7-;. The molecule has 10 heavy (non-hydrogen) atoms. The first kappa shape index (κ1) is 10.0. The van der Waals surface area contributed by atoms with Crippen molar-refractivity contribution in [3.05, 3.63) is 23.8 Å². The number of hydrogen-bond donors (Lipinski definition) is 0. The molecule has 0 nitrogen and oxygen atoms in total. The van der Waals surface area contributed by atoms with Crippen LogP contribution < -0.4 is 0 Å². The van der Waals surface area contributed by atoms with E-state index >= 15 is 0 Å². The van der Waals surface area contributed by atoms with Crippen LogP contribution in [0.1, 0.15) is 27.2 Å². The van der Waals surface area contributed by atoms with Gasteiger partial charge in [0.05, 0.1) is 0 Å². The third-order valence-electron chi connectivity index (χ3n) is 1.24. The molecule has 0 rings (SSSR count). The molecule has 0 aromatic rings. The molecule has 0 saturated heterocycles. The average molecular weight is 305 g/mol. The van der Waals surface area contributed by atoms with E-state index in [4.69, 9.17) is 6.58 Å². The molecule has 0 fully saturated rings. The summed E-state index contributed by atoms with van der Waals surface area (Å²) >= 11 is 1.53. The molecule has 0 heterocycles. The molecule has 0 unspecified atom stereocenters. The molecule has 0 N–H and O–H groups in total. The second-order valence-electron chi connectivity index (χ2n) is 2.32. The molecule has 0 bridgehead atoms. The fourth-order valence-electron chi connectivity index (χ4n) is 0.727. The Morgan fingerprint density at radius 2 is 2.00 bits per heavy atom. The summed E-state index contributed by atoms with van der Waals surface area (Å²) in [5.41, 5.74) is 2.28. The van der Waals surface area contributed by atoms with Gasteiger partial charge >= 0.3 is 74.2 Å². The predicted molar refractivity (Wildman–Crippen MR) is 42.5 cm³/mol. The van der Waals surface area contributed by atoms with E-state index in [1.165, 1.54) is 28.8 Å². The molecular formula is C9H13W-. The Kier molecular flexibility index (Phi) is 4.81. The quantitative estimate of drug-likeness (QED) is 0.555. The second-order valence-corrected chi connectivity index (χ2v) is 4.52. The van der Waals surface area contributed by atoms with Crippen molar-refractivity contribution < 1.29 is 19.4 Å². The van der Waals surface area contributed by atoms with Crippen LogP contribution in [0.2, 0.25) is 0 Å². The van der Waals surface area contributed by atoms with Gasteiger partial charge in [0.2, 0.25) is 0 Å². The molecule has 0 spiro atoms. The monoisotopic (exact) mass is 305 g/mol. The fraction of sp³-hybridized carbons (Fsp3) is 0.444. The van der Waals surface area contributed by atoms with Gasteiger partial charge in [-0.2, -0.15) is 0 Å². The van der Waals surface area contributed by atoms with Crippen molar-refractivity contribution >= 4 is 3.90 Å². The Hall–Kier alpha value is 0.0383. The summed E-state index contributed by atoms with van der Waals surface area (Å²) in [6, 6.07) is 0. The molecular weight excluding hydrogens is 292 g/mol. The van der Waals surface area contributed by atoms with Crippen molar-refractivity contribution in [3.8, 4) is 0 Å². The molecule has 1 heteroatoms. The summed E-state index contributed by atoms with van der Waals surface area (Å²) in [6.45, 7) is 11.8. The summed E-state index contributed by atoms with van der Waals surface area (Å²) in [4.78, 5) is 0. The Balaban J connectivity index is 4.34. The van der Waals surface area contributed by atoms with Gasteiger partial charge in [0, 0.05) is 0 Å². The number of rotatable bonds is 3. The number of hydrogen-bond acceptors (Lipinski definition) is 0. The number of allylic oxidation sites excluding steroid dienone is 3. The van der Waals surface area contributed by atoms with Crippen LogP contribution in [-0.4, -0.2) is 3.90 Å². The van der Waals surface area contributed by atoms with Crippen molar-refractivity contribution in [1.82, 2.24) is 0 Å². The first-order valence-electron chi connectivity index (χ1n) is 3.38. The van der Waals surface area contributed by atoms with Gasteiger partial charge in [0.15, 0.2) is 0 Å². The topological polar surface area (TPSA) is 0 Å². The van der Waals surface area contributed by atoms with Crippen molar-refractivity contribution in [2.45, 2.75) is 27.2 Å². The summed E-state index contributed by atoms with van der Waals surface area (Å²) in [6.07, 6.45) is 3.15. The molecule has 0 aliphatic carbocycles. The Labute approximate surface area is 74.4 Å². The van der Waals surface area contributed by atoms with Crippen LogP contribution in [0, 0.1) is 6.58 Å². The summed E-state index contributed by atoms with van der Waals surface area (Å²) < 4.78 is 1.44. The molecule has 0 saturated carbocycles. The third-order valence-corrected chi connectivity index (χ3v) is 2.18. The molecule has 0 amide bonds. The van der Waals surface area contributed by atoms with Gasteiger partial charge in [-0.15, -0.1) is 0 Å². The van der Waals surface area contributed by atoms with Gasteiger partial charge in [-0.25, -0.2) is 0 Å². The van der Waals surface area contributed by atoms with E-state index in [0.717, 1.165) is 12.0 Å². The van der Waals surface area contributed by atoms with Crippen LogP contribution in [-0.2, 0) is 19.4 Å². The van der Waals surface area contributed by atoms with Crippen LogP contribution >= 0.6 is 0 Å². The Morgan fingerprint density at radius 1 is 1.50 bits per heavy atom. The molecule has 56 valence electrons. The summed E-state index contributed by atoms with van der Waals surface area (Å²) in [7, 11) is 0. The van der Waals surface area contributed by atoms with E-state index in [-0.39, 0.29) is 0 Å². The van der Waals surface area contributed by atoms with Gasteiger partial charge in [-0.3, -0.25) is 0 Å². The normalized spacial score (nSPS) is 11.3. The van der Waals surface area contributed by atoms with Crippen LogP contribution in [0.15, 0.2) is 17.2 Å².